The lowest BCUT2D eigenvalue weighted by molar-refractivity contribution is 0.610. The van der Waals surface area contributed by atoms with Crippen LogP contribution in [0.3, 0.4) is 0 Å². The third kappa shape index (κ3) is 3.69. The molecule has 2 aromatic carbocycles. The van der Waals surface area contributed by atoms with E-state index < -0.39 is 16.5 Å². The van der Waals surface area contributed by atoms with Crippen molar-refractivity contribution in [2.45, 2.75) is 9.79 Å². The Morgan fingerprint density at radius 3 is 1.00 bits per heavy atom. The van der Waals surface area contributed by atoms with E-state index in [4.69, 9.17) is 0 Å². The standard InChI is InChI=1S/C12H8Br2O4S2/c13-19(15,16)11-5-1-9(2-6-11)10-3-7-12(8-4-10)20(14,17)18/h1-8H. The molecule has 0 heterocycles. The SMILES string of the molecule is O=S(=O)(Br)c1ccc(-c2ccc(S(=O)(=O)Br)cc2)cc1. The van der Waals surface area contributed by atoms with Crippen LogP contribution >= 0.6 is 29.6 Å². The molecule has 0 aliphatic rings. The molecule has 2 aromatic rings. The highest BCUT2D eigenvalue weighted by molar-refractivity contribution is 9.47. The second-order valence-electron chi connectivity index (χ2n) is 3.92. The van der Waals surface area contributed by atoms with Crippen LogP contribution in [0.4, 0.5) is 0 Å². The van der Waals surface area contributed by atoms with E-state index in [0.717, 1.165) is 11.1 Å². The summed E-state index contributed by atoms with van der Waals surface area (Å²) in [5, 5.41) is 0. The Balaban J connectivity index is 2.38. The van der Waals surface area contributed by atoms with Gasteiger partial charge in [-0.05, 0) is 35.4 Å². The van der Waals surface area contributed by atoms with Crippen molar-refractivity contribution in [1.82, 2.24) is 0 Å². The highest BCUT2D eigenvalue weighted by atomic mass is 79.9. The smallest absolute Gasteiger partial charge is 0.212 e. The zero-order valence-corrected chi connectivity index (χ0v) is 14.6. The van der Waals surface area contributed by atoms with Crippen LogP contribution in [-0.4, -0.2) is 16.8 Å². The van der Waals surface area contributed by atoms with E-state index in [1.54, 1.807) is 24.3 Å². The maximum Gasteiger partial charge on any atom is 0.237 e. The Bertz CT molecular complexity index is 751. The van der Waals surface area contributed by atoms with Crippen LogP contribution in [0.1, 0.15) is 0 Å². The second-order valence-corrected chi connectivity index (χ2v) is 11.7. The number of hydrogen-bond acceptors (Lipinski definition) is 4. The van der Waals surface area contributed by atoms with Gasteiger partial charge < -0.3 is 0 Å². The molecule has 20 heavy (non-hydrogen) atoms. The zero-order valence-electron chi connectivity index (χ0n) is 9.82. The fourth-order valence-electron chi connectivity index (χ4n) is 1.62. The lowest BCUT2D eigenvalue weighted by Gasteiger charge is -2.04. The maximum atomic E-state index is 11.3. The van der Waals surface area contributed by atoms with Gasteiger partial charge in [-0.15, -0.1) is 0 Å². The molecule has 2 rings (SSSR count). The van der Waals surface area contributed by atoms with Crippen LogP contribution in [0.15, 0.2) is 58.3 Å². The minimum Gasteiger partial charge on any atom is -0.212 e. The van der Waals surface area contributed by atoms with Crippen molar-refractivity contribution in [3.8, 4) is 11.1 Å². The van der Waals surface area contributed by atoms with Gasteiger partial charge in [-0.25, -0.2) is 16.8 Å². The number of halogens is 2. The van der Waals surface area contributed by atoms with Gasteiger partial charge in [0.05, 0.1) is 39.4 Å². The Morgan fingerprint density at radius 1 is 0.550 bits per heavy atom. The van der Waals surface area contributed by atoms with E-state index in [-0.39, 0.29) is 9.79 Å². The molecular formula is C12H8Br2O4S2. The molecule has 106 valence electrons. The van der Waals surface area contributed by atoms with Crippen molar-refractivity contribution in [3.05, 3.63) is 48.5 Å². The minimum atomic E-state index is -3.40. The van der Waals surface area contributed by atoms with Gasteiger partial charge in [0.25, 0.3) is 0 Å². The molecule has 0 spiro atoms. The average molecular weight is 440 g/mol. The predicted molar refractivity (Wildman–Crippen MR) is 84.1 cm³/mol. The number of benzene rings is 2. The fraction of sp³-hybridized carbons (Fsp3) is 0. The van der Waals surface area contributed by atoms with Gasteiger partial charge in [-0.3, -0.25) is 0 Å². The third-order valence-corrected chi connectivity index (χ3v) is 6.52. The van der Waals surface area contributed by atoms with Crippen molar-refractivity contribution in [3.63, 3.8) is 0 Å². The first kappa shape index (κ1) is 15.7. The maximum absolute atomic E-state index is 11.3. The summed E-state index contributed by atoms with van der Waals surface area (Å²) in [4.78, 5) is 0.335. The lowest BCUT2D eigenvalue weighted by Crippen LogP contribution is -1.90. The highest BCUT2D eigenvalue weighted by Crippen LogP contribution is 2.25. The number of hydrogen-bond donors (Lipinski definition) is 0. The Hall–Kier alpha value is -0.700. The van der Waals surface area contributed by atoms with Gasteiger partial charge in [-0.2, -0.15) is 0 Å². The molecule has 0 saturated carbocycles. The van der Waals surface area contributed by atoms with E-state index in [1.807, 2.05) is 0 Å². The molecule has 0 N–H and O–H groups in total. The van der Waals surface area contributed by atoms with Crippen molar-refractivity contribution in [1.29, 1.82) is 0 Å². The van der Waals surface area contributed by atoms with Crippen molar-refractivity contribution in [2.75, 3.05) is 0 Å². The molecule has 0 radical (unpaired) electrons. The van der Waals surface area contributed by atoms with Gasteiger partial charge in [0.2, 0.25) is 16.5 Å². The molecule has 4 nitrogen and oxygen atoms in total. The summed E-state index contributed by atoms with van der Waals surface area (Å²) in [6.45, 7) is 0. The Kier molecular flexibility index (Phi) is 4.38. The van der Waals surface area contributed by atoms with Crippen LogP contribution < -0.4 is 0 Å². The molecule has 0 bridgehead atoms. The Morgan fingerprint density at radius 2 is 0.800 bits per heavy atom. The zero-order chi connectivity index (χ0) is 15.0. The lowest BCUT2D eigenvalue weighted by atomic mass is 10.1. The van der Waals surface area contributed by atoms with E-state index in [9.17, 15) is 16.8 Å². The van der Waals surface area contributed by atoms with Crippen LogP contribution in [0, 0.1) is 0 Å². The molecule has 0 atom stereocenters. The largest absolute Gasteiger partial charge is 0.237 e. The molecular weight excluding hydrogens is 432 g/mol. The first-order chi connectivity index (χ1) is 9.18. The van der Waals surface area contributed by atoms with Gasteiger partial charge in [-0.1, -0.05) is 24.3 Å². The van der Waals surface area contributed by atoms with Gasteiger partial charge >= 0.3 is 0 Å². The van der Waals surface area contributed by atoms with Crippen molar-refractivity contribution >= 4 is 46.2 Å². The summed E-state index contributed by atoms with van der Waals surface area (Å²) < 4.78 is 45.1. The topological polar surface area (TPSA) is 68.3 Å². The average Bonchev–Trinajstić information content (AvgIpc) is 2.37. The van der Waals surface area contributed by atoms with E-state index in [0.29, 0.717) is 0 Å². The summed E-state index contributed by atoms with van der Waals surface area (Å²) in [6, 6.07) is 12.6. The molecule has 0 amide bonds. The molecule has 0 unspecified atom stereocenters. The summed E-state index contributed by atoms with van der Waals surface area (Å²) >= 11 is 5.20. The highest BCUT2D eigenvalue weighted by Gasteiger charge is 2.11. The minimum absolute atomic E-state index is 0.168. The van der Waals surface area contributed by atoms with E-state index in [2.05, 4.69) is 29.6 Å². The first-order valence-corrected chi connectivity index (χ1v) is 11.9. The Labute approximate surface area is 132 Å². The van der Waals surface area contributed by atoms with Crippen LogP contribution in [0.5, 0.6) is 0 Å². The molecule has 0 aliphatic carbocycles. The summed E-state index contributed by atoms with van der Waals surface area (Å²) in [6.07, 6.45) is 0. The molecule has 8 heteroatoms. The summed E-state index contributed by atoms with van der Waals surface area (Å²) in [5.74, 6) is 0. The summed E-state index contributed by atoms with van der Waals surface area (Å²) in [7, 11) is -6.80. The van der Waals surface area contributed by atoms with Crippen LogP contribution in [-0.2, 0) is 16.5 Å². The van der Waals surface area contributed by atoms with Crippen LogP contribution in [0.2, 0.25) is 0 Å². The summed E-state index contributed by atoms with van der Waals surface area (Å²) in [5.41, 5.74) is 1.59. The number of rotatable bonds is 3. The predicted octanol–water partition coefficient (Wildman–Crippen LogP) is 3.52. The molecule has 0 aromatic heterocycles. The third-order valence-electron chi connectivity index (χ3n) is 2.61. The fourth-order valence-corrected chi connectivity index (χ4v) is 3.84. The molecule has 0 aliphatic heterocycles. The normalized spacial score (nSPS) is 12.3. The molecule has 0 fully saturated rings. The van der Waals surface area contributed by atoms with Crippen molar-refractivity contribution in [2.24, 2.45) is 0 Å². The van der Waals surface area contributed by atoms with Gasteiger partial charge in [0, 0.05) is 0 Å². The quantitative estimate of drug-likeness (QED) is 0.686. The van der Waals surface area contributed by atoms with Gasteiger partial charge in [0.15, 0.2) is 0 Å². The van der Waals surface area contributed by atoms with Crippen molar-refractivity contribution < 1.29 is 16.8 Å². The van der Waals surface area contributed by atoms with Crippen LogP contribution in [0.25, 0.3) is 11.1 Å². The van der Waals surface area contributed by atoms with E-state index >= 15 is 0 Å². The van der Waals surface area contributed by atoms with Gasteiger partial charge in [0.1, 0.15) is 0 Å². The monoisotopic (exact) mass is 438 g/mol. The molecule has 0 saturated heterocycles. The second kappa shape index (κ2) is 5.59. The first-order valence-electron chi connectivity index (χ1n) is 5.28. The van der Waals surface area contributed by atoms with E-state index in [1.165, 1.54) is 24.3 Å².